The van der Waals surface area contributed by atoms with Crippen LogP contribution in [0.15, 0.2) is 42.7 Å². The zero-order valence-electron chi connectivity index (χ0n) is 16.5. The molecule has 0 aliphatic carbocycles. The number of hydrogen-bond acceptors (Lipinski definition) is 4. The highest BCUT2D eigenvalue weighted by molar-refractivity contribution is 5.96. The summed E-state index contributed by atoms with van der Waals surface area (Å²) in [6.45, 7) is 1.40. The molecule has 5 nitrogen and oxygen atoms in total. The molecule has 3 rings (SSSR count). The van der Waals surface area contributed by atoms with E-state index in [1.54, 1.807) is 18.2 Å². The van der Waals surface area contributed by atoms with Crippen molar-refractivity contribution in [2.45, 2.75) is 38.4 Å². The van der Waals surface area contributed by atoms with Crippen LogP contribution in [0, 0.1) is 0 Å². The third-order valence-electron chi connectivity index (χ3n) is 5.13. The Hall–Kier alpha value is -2.74. The molecular weight excluding hydrogens is 395 g/mol. The van der Waals surface area contributed by atoms with Gasteiger partial charge in [0.25, 0.3) is 0 Å². The first-order valence-corrected chi connectivity index (χ1v) is 9.95. The minimum Gasteiger partial charge on any atom is -0.330 e. The van der Waals surface area contributed by atoms with Crippen molar-refractivity contribution in [1.29, 1.82) is 0 Å². The molecule has 1 N–H and O–H groups in total. The van der Waals surface area contributed by atoms with Crippen molar-refractivity contribution in [2.75, 3.05) is 19.6 Å². The third-order valence-corrected chi connectivity index (χ3v) is 5.13. The predicted octanol–water partition coefficient (Wildman–Crippen LogP) is 3.32. The van der Waals surface area contributed by atoms with Gasteiger partial charge >= 0.3 is 12.1 Å². The number of nitrogens with one attached hydrogen (secondary N) is 1. The van der Waals surface area contributed by atoms with Gasteiger partial charge in [-0.1, -0.05) is 18.2 Å². The first-order chi connectivity index (χ1) is 14.3. The molecule has 0 unspecified atom stereocenters. The number of hydrogen-bond donors (Lipinski definition) is 1. The summed E-state index contributed by atoms with van der Waals surface area (Å²) < 4.78 is 38.9. The number of fused-ring (bicyclic) bond motifs is 1. The highest BCUT2D eigenvalue weighted by Crippen LogP contribution is 2.21. The van der Waals surface area contributed by atoms with E-state index in [1.807, 2.05) is 12.1 Å². The molecule has 0 saturated heterocycles. The standard InChI is InChI=1S/C22H24F3N3O2/c23-22(24,25)21(30)28(15-16-3-1-9-27-14-16)12-2-4-20(29)19-6-5-17-7-10-26-11-8-18(17)13-19/h1,3,5-6,9,13-14,26H,2,4,7-8,10-12,15H2. The van der Waals surface area contributed by atoms with Crippen LogP contribution in [0.3, 0.4) is 0 Å². The van der Waals surface area contributed by atoms with Crippen LogP contribution in [0.1, 0.15) is 39.9 Å². The molecule has 160 valence electrons. The third kappa shape index (κ3) is 5.89. The van der Waals surface area contributed by atoms with Gasteiger partial charge in [0.15, 0.2) is 5.78 Å². The zero-order valence-corrected chi connectivity index (χ0v) is 16.5. The minimum atomic E-state index is -4.96. The normalized spacial score (nSPS) is 14.0. The van der Waals surface area contributed by atoms with Gasteiger partial charge in [-0.15, -0.1) is 0 Å². The van der Waals surface area contributed by atoms with E-state index >= 15 is 0 Å². The monoisotopic (exact) mass is 419 g/mol. The lowest BCUT2D eigenvalue weighted by molar-refractivity contribution is -0.186. The van der Waals surface area contributed by atoms with E-state index in [2.05, 4.69) is 10.3 Å². The molecule has 8 heteroatoms. The van der Waals surface area contributed by atoms with Crippen LogP contribution in [0.5, 0.6) is 0 Å². The number of benzene rings is 1. The van der Waals surface area contributed by atoms with Crippen molar-refractivity contribution in [3.05, 3.63) is 65.0 Å². The Bertz CT molecular complexity index is 885. The van der Waals surface area contributed by atoms with Crippen molar-refractivity contribution in [2.24, 2.45) is 0 Å². The van der Waals surface area contributed by atoms with Crippen molar-refractivity contribution >= 4 is 11.7 Å². The number of carbonyl (C=O) groups is 2. The molecule has 1 amide bonds. The number of Topliss-reactive ketones (excluding diaryl/α,β-unsaturated/α-hetero) is 1. The highest BCUT2D eigenvalue weighted by atomic mass is 19.4. The van der Waals surface area contributed by atoms with Crippen molar-refractivity contribution < 1.29 is 22.8 Å². The lowest BCUT2D eigenvalue weighted by atomic mass is 9.97. The summed E-state index contributed by atoms with van der Waals surface area (Å²) in [6.07, 6.45) is -0.0499. The van der Waals surface area contributed by atoms with Gasteiger partial charge in [-0.05, 0) is 61.2 Å². The van der Waals surface area contributed by atoms with Crippen LogP contribution >= 0.6 is 0 Å². The molecule has 0 bridgehead atoms. The second kappa shape index (κ2) is 9.84. The summed E-state index contributed by atoms with van der Waals surface area (Å²) in [4.78, 5) is 29.0. The summed E-state index contributed by atoms with van der Waals surface area (Å²) in [5.74, 6) is -2.04. The van der Waals surface area contributed by atoms with Gasteiger partial charge in [0.2, 0.25) is 0 Å². The molecule has 30 heavy (non-hydrogen) atoms. The Morgan fingerprint density at radius 3 is 2.57 bits per heavy atom. The SMILES string of the molecule is O=C(CCCN(Cc1cccnc1)C(=O)C(F)(F)F)c1ccc2c(c1)CCNCC2. The highest BCUT2D eigenvalue weighted by Gasteiger charge is 2.42. The largest absolute Gasteiger partial charge is 0.471 e. The average molecular weight is 419 g/mol. The second-order valence-electron chi connectivity index (χ2n) is 7.35. The number of pyridine rings is 1. The van der Waals surface area contributed by atoms with Gasteiger partial charge in [0.1, 0.15) is 0 Å². The number of alkyl halides is 3. The van der Waals surface area contributed by atoms with Gasteiger partial charge in [-0.2, -0.15) is 13.2 Å². The van der Waals surface area contributed by atoms with Gasteiger partial charge in [0, 0.05) is 37.5 Å². The number of ketones is 1. The minimum absolute atomic E-state index is 0.0751. The first kappa shape index (κ1) is 22.0. The molecule has 1 aliphatic rings. The quantitative estimate of drug-likeness (QED) is 0.700. The van der Waals surface area contributed by atoms with E-state index in [0.717, 1.165) is 36.4 Å². The maximum atomic E-state index is 13.0. The Labute approximate surface area is 173 Å². The number of amides is 1. The van der Waals surface area contributed by atoms with Gasteiger partial charge in [0.05, 0.1) is 0 Å². The van der Waals surface area contributed by atoms with Crippen LogP contribution in [0.4, 0.5) is 13.2 Å². The number of halogens is 3. The Morgan fingerprint density at radius 2 is 1.87 bits per heavy atom. The fraction of sp³-hybridized carbons (Fsp3) is 0.409. The summed E-state index contributed by atoms with van der Waals surface area (Å²) >= 11 is 0. The first-order valence-electron chi connectivity index (χ1n) is 9.95. The van der Waals surface area contributed by atoms with Crippen molar-refractivity contribution in [3.8, 4) is 0 Å². The van der Waals surface area contributed by atoms with Crippen molar-refractivity contribution in [3.63, 3.8) is 0 Å². The number of aromatic nitrogens is 1. The lowest BCUT2D eigenvalue weighted by Gasteiger charge is -2.23. The smallest absolute Gasteiger partial charge is 0.330 e. The van der Waals surface area contributed by atoms with E-state index in [-0.39, 0.29) is 31.7 Å². The average Bonchev–Trinajstić information content (AvgIpc) is 2.97. The van der Waals surface area contributed by atoms with Crippen LogP contribution in [0.25, 0.3) is 0 Å². The molecule has 0 spiro atoms. The molecule has 1 aromatic heterocycles. The van der Waals surface area contributed by atoms with Gasteiger partial charge in [-0.3, -0.25) is 14.6 Å². The molecule has 0 saturated carbocycles. The Kier molecular flexibility index (Phi) is 7.20. The number of nitrogens with zero attached hydrogens (tertiary/aromatic N) is 2. The molecule has 0 atom stereocenters. The second-order valence-corrected chi connectivity index (χ2v) is 7.35. The summed E-state index contributed by atoms with van der Waals surface area (Å²) in [6, 6.07) is 8.83. The molecule has 1 aromatic carbocycles. The van der Waals surface area contributed by atoms with Gasteiger partial charge < -0.3 is 10.2 Å². The zero-order chi connectivity index (χ0) is 21.6. The maximum Gasteiger partial charge on any atom is 0.471 e. The molecule has 0 fully saturated rings. The summed E-state index contributed by atoms with van der Waals surface area (Å²) in [7, 11) is 0. The fourth-order valence-corrected chi connectivity index (χ4v) is 3.57. The molecule has 1 aliphatic heterocycles. The molecule has 0 radical (unpaired) electrons. The predicted molar refractivity (Wildman–Crippen MR) is 106 cm³/mol. The van der Waals surface area contributed by atoms with E-state index in [9.17, 15) is 22.8 Å². The van der Waals surface area contributed by atoms with Crippen LogP contribution in [0.2, 0.25) is 0 Å². The Balaban J connectivity index is 1.62. The van der Waals surface area contributed by atoms with E-state index < -0.39 is 12.1 Å². The maximum absolute atomic E-state index is 13.0. The molecular formula is C22H24F3N3O2. The summed E-state index contributed by atoms with van der Waals surface area (Å²) in [5.41, 5.74) is 3.42. The molecule has 2 heterocycles. The number of carbonyl (C=O) groups excluding carboxylic acids is 2. The van der Waals surface area contributed by atoms with Gasteiger partial charge in [-0.25, -0.2) is 0 Å². The van der Waals surface area contributed by atoms with E-state index in [4.69, 9.17) is 0 Å². The van der Waals surface area contributed by atoms with E-state index in [1.165, 1.54) is 18.0 Å². The van der Waals surface area contributed by atoms with Crippen LogP contribution in [-0.2, 0) is 24.2 Å². The molecule has 2 aromatic rings. The Morgan fingerprint density at radius 1 is 1.10 bits per heavy atom. The topological polar surface area (TPSA) is 62.3 Å². The summed E-state index contributed by atoms with van der Waals surface area (Å²) in [5, 5.41) is 3.31. The van der Waals surface area contributed by atoms with E-state index in [0.29, 0.717) is 11.1 Å². The van der Waals surface area contributed by atoms with Crippen molar-refractivity contribution in [1.82, 2.24) is 15.2 Å². The lowest BCUT2D eigenvalue weighted by Crippen LogP contribution is -2.41. The van der Waals surface area contributed by atoms with Crippen LogP contribution in [-0.4, -0.2) is 47.4 Å². The van der Waals surface area contributed by atoms with Crippen LogP contribution < -0.4 is 5.32 Å². The number of rotatable bonds is 7. The fourth-order valence-electron chi connectivity index (χ4n) is 3.57.